The first-order valence-electron chi connectivity index (χ1n) is 25.6. The maximum absolute atomic E-state index is 7.00. The Labute approximate surface area is 506 Å². The largest absolute Gasteiger partial charge is 3.00 e. The van der Waals surface area contributed by atoms with Crippen molar-refractivity contribution in [3.05, 3.63) is 321 Å². The van der Waals surface area contributed by atoms with Gasteiger partial charge < -0.3 is 30.1 Å². The van der Waals surface area contributed by atoms with Gasteiger partial charge in [-0.05, 0) is 101 Å². The molecule has 0 amide bonds. The molecule has 0 bridgehead atoms. The average Bonchev–Trinajstić information content (AvgIpc) is 3.55. The summed E-state index contributed by atoms with van der Waals surface area (Å²) >= 11 is 0. The van der Waals surface area contributed by atoms with E-state index in [0.29, 0.717) is 0 Å². The molecule has 0 atom stereocenters. The van der Waals surface area contributed by atoms with Crippen LogP contribution >= 0.6 is 0 Å². The quantitative estimate of drug-likeness (QED) is 0.153. The number of hydrogen-bond donors (Lipinski definition) is 2. The van der Waals surface area contributed by atoms with Crippen molar-refractivity contribution >= 4 is 0 Å². The number of aromatic nitrogens is 5. The summed E-state index contributed by atoms with van der Waals surface area (Å²) in [6.45, 7) is 6.10. The smallest absolute Gasteiger partial charge is 0.400 e. The second-order valence-electron chi connectivity index (χ2n) is 17.2. The second kappa shape index (κ2) is 37.4. The number of aliphatic hydroxyl groups is 2. The molecule has 0 saturated heterocycles. The SMILES string of the molecule is CO.CO.Cc1ccc(-c2[c-]cccc2)nc1.Cc1ccc(-c2[c-]cccc2)nc1.Cc1ccc(-c2[c-]cccc2)nc1.[Ir+3].[Ir].[c-]1ccccc1-c1cc(-c2ccccc2)ccn1.c1ccc(-c2ccnc(-c3ccccc3)c2)cc1. The third-order valence-electron chi connectivity index (χ3n) is 11.5. The topological polar surface area (TPSA) is 105 Å². The Morgan fingerprint density at radius 2 is 0.556 bits per heavy atom. The Balaban J connectivity index is 0.000000215. The van der Waals surface area contributed by atoms with Gasteiger partial charge in [0.05, 0.1) is 5.69 Å². The zero-order chi connectivity index (χ0) is 55.7. The van der Waals surface area contributed by atoms with E-state index in [1.54, 1.807) is 0 Å². The van der Waals surface area contributed by atoms with Crippen LogP contribution in [-0.2, 0) is 40.2 Å². The van der Waals surface area contributed by atoms with E-state index < -0.39 is 0 Å². The van der Waals surface area contributed by atoms with Gasteiger partial charge in [-0.25, -0.2) is 0 Å². The monoisotopic (exact) mass is 1420 g/mol. The van der Waals surface area contributed by atoms with Gasteiger partial charge in [0.1, 0.15) is 0 Å². The fourth-order valence-electron chi connectivity index (χ4n) is 7.49. The minimum Gasteiger partial charge on any atom is -0.400 e. The molecular formula is C72H63Ir2N5O2-. The molecule has 12 aromatic rings. The molecular weight excluding hydrogens is 1350 g/mol. The van der Waals surface area contributed by atoms with Crippen LogP contribution in [0.3, 0.4) is 0 Å². The molecule has 0 fully saturated rings. The van der Waals surface area contributed by atoms with E-state index in [1.165, 1.54) is 38.9 Å². The summed E-state index contributed by atoms with van der Waals surface area (Å²) in [6.07, 6.45) is 9.33. The molecule has 5 aromatic heterocycles. The van der Waals surface area contributed by atoms with Gasteiger partial charge >= 0.3 is 20.1 Å². The van der Waals surface area contributed by atoms with Gasteiger partial charge in [0.15, 0.2) is 0 Å². The Bertz CT molecular complexity index is 3100. The number of nitrogens with zero attached hydrogens (tertiary/aromatic N) is 5. The van der Waals surface area contributed by atoms with Crippen LogP contribution in [0.2, 0.25) is 0 Å². The normalized spacial score (nSPS) is 9.47. The molecule has 1 radical (unpaired) electrons. The predicted molar refractivity (Wildman–Crippen MR) is 325 cm³/mol. The Kier molecular flexibility index (Phi) is 30.0. The van der Waals surface area contributed by atoms with Gasteiger partial charge in [0.2, 0.25) is 0 Å². The van der Waals surface area contributed by atoms with Gasteiger partial charge in [-0.15, -0.1) is 144 Å². The molecule has 0 aliphatic heterocycles. The zero-order valence-corrected chi connectivity index (χ0v) is 50.6. The van der Waals surface area contributed by atoms with Crippen molar-refractivity contribution in [3.8, 4) is 78.5 Å². The molecule has 0 unspecified atom stereocenters. The minimum atomic E-state index is 0. The minimum absolute atomic E-state index is 0. The van der Waals surface area contributed by atoms with Gasteiger partial charge in [0.25, 0.3) is 0 Å². The first-order chi connectivity index (χ1) is 38.9. The number of aliphatic hydroxyl groups excluding tert-OH is 2. The van der Waals surface area contributed by atoms with Crippen LogP contribution in [0.25, 0.3) is 78.5 Å². The summed E-state index contributed by atoms with van der Waals surface area (Å²) < 4.78 is 0. The summed E-state index contributed by atoms with van der Waals surface area (Å²) in [7, 11) is 2.00. The Morgan fingerprint density at radius 3 is 0.852 bits per heavy atom. The van der Waals surface area contributed by atoms with Crippen molar-refractivity contribution in [1.82, 2.24) is 24.9 Å². The van der Waals surface area contributed by atoms with E-state index >= 15 is 0 Å². The molecule has 12 rings (SSSR count). The number of hydrogen-bond acceptors (Lipinski definition) is 7. The zero-order valence-electron chi connectivity index (χ0n) is 45.9. The van der Waals surface area contributed by atoms with Crippen molar-refractivity contribution in [3.63, 3.8) is 0 Å². The van der Waals surface area contributed by atoms with E-state index in [-0.39, 0.29) is 40.2 Å². The van der Waals surface area contributed by atoms with Crippen molar-refractivity contribution in [2.24, 2.45) is 0 Å². The molecule has 7 aromatic carbocycles. The summed E-state index contributed by atoms with van der Waals surface area (Å²) in [6, 6.07) is 95.6. The fourth-order valence-corrected chi connectivity index (χ4v) is 7.49. The molecule has 81 heavy (non-hydrogen) atoms. The number of benzene rings is 7. The van der Waals surface area contributed by atoms with Gasteiger partial charge in [0, 0.05) is 70.9 Å². The molecule has 7 nitrogen and oxygen atoms in total. The third-order valence-corrected chi connectivity index (χ3v) is 11.5. The maximum Gasteiger partial charge on any atom is 3.00 e. The Hall–Kier alpha value is -8.49. The van der Waals surface area contributed by atoms with E-state index in [4.69, 9.17) is 10.2 Å². The standard InChI is InChI=1S/C17H13N.C17H12N.3C12H10N.2CH4O.2Ir/c2*1-3-7-14(8-4-1)16-11-12-18-17(13-16)15-9-5-2-6-10-15;3*1-10-7-8-12(13-9-10)11-5-3-2-4-6-11;2*1-2;;/h1-13H;1-9,11-13H;3*2-5,7-9H,1H3;2*2H,1H3;;/q;4*-1;;;;+3. The van der Waals surface area contributed by atoms with E-state index in [1.807, 2.05) is 222 Å². The van der Waals surface area contributed by atoms with Crippen LogP contribution in [0.1, 0.15) is 16.7 Å². The molecule has 9 heteroatoms. The average molecular weight is 1410 g/mol. The van der Waals surface area contributed by atoms with Crippen LogP contribution in [0.15, 0.2) is 280 Å². The number of rotatable bonds is 7. The number of aryl methyl sites for hydroxylation is 3. The third kappa shape index (κ3) is 21.9. The molecule has 5 heterocycles. The Morgan fingerprint density at radius 1 is 0.272 bits per heavy atom. The van der Waals surface area contributed by atoms with Crippen LogP contribution in [0, 0.1) is 45.0 Å². The second-order valence-corrected chi connectivity index (χ2v) is 17.2. The molecule has 2 N–H and O–H groups in total. The molecule has 407 valence electrons. The summed E-state index contributed by atoms with van der Waals surface area (Å²) in [5, 5.41) is 14.0. The van der Waals surface area contributed by atoms with E-state index in [0.717, 1.165) is 70.5 Å². The van der Waals surface area contributed by atoms with Crippen molar-refractivity contribution in [2.45, 2.75) is 20.8 Å². The molecule has 0 aliphatic carbocycles. The predicted octanol–water partition coefficient (Wildman–Crippen LogP) is 16.4. The number of pyridine rings is 5. The maximum atomic E-state index is 7.00. The van der Waals surface area contributed by atoms with Crippen LogP contribution < -0.4 is 0 Å². The summed E-state index contributed by atoms with van der Waals surface area (Å²) in [5.74, 6) is 0. The van der Waals surface area contributed by atoms with Gasteiger partial charge in [-0.2, -0.15) is 0 Å². The van der Waals surface area contributed by atoms with Crippen LogP contribution in [0.5, 0.6) is 0 Å². The van der Waals surface area contributed by atoms with E-state index in [2.05, 4.69) is 128 Å². The van der Waals surface area contributed by atoms with Crippen LogP contribution in [-0.4, -0.2) is 49.4 Å². The fraction of sp³-hybridized carbons (Fsp3) is 0.0694. The first kappa shape index (κ1) is 65.0. The molecule has 0 saturated carbocycles. The van der Waals surface area contributed by atoms with E-state index in [9.17, 15) is 0 Å². The van der Waals surface area contributed by atoms with Crippen LogP contribution in [0.4, 0.5) is 0 Å². The summed E-state index contributed by atoms with van der Waals surface area (Å²) in [4.78, 5) is 21.8. The van der Waals surface area contributed by atoms with Crippen molar-refractivity contribution in [1.29, 1.82) is 0 Å². The molecule has 0 aliphatic rings. The van der Waals surface area contributed by atoms with Crippen molar-refractivity contribution in [2.75, 3.05) is 14.2 Å². The molecule has 0 spiro atoms. The van der Waals surface area contributed by atoms with Crippen molar-refractivity contribution < 1.29 is 50.4 Å². The van der Waals surface area contributed by atoms with Gasteiger partial charge in [-0.3, -0.25) is 4.98 Å². The first-order valence-corrected chi connectivity index (χ1v) is 25.6. The summed E-state index contributed by atoms with van der Waals surface area (Å²) in [5.41, 5.74) is 18.5. The van der Waals surface area contributed by atoms with Gasteiger partial charge in [-0.1, -0.05) is 133 Å².